The summed E-state index contributed by atoms with van der Waals surface area (Å²) in [4.78, 5) is 4.25. The highest BCUT2D eigenvalue weighted by atomic mass is 16.3. The van der Waals surface area contributed by atoms with Crippen molar-refractivity contribution in [2.75, 3.05) is 6.61 Å². The molecule has 0 aliphatic rings. The van der Waals surface area contributed by atoms with E-state index in [9.17, 15) is 5.11 Å². The number of aryl methyl sites for hydroxylation is 1. The monoisotopic (exact) mass is 222 g/mol. The maximum atomic E-state index is 9.39. The van der Waals surface area contributed by atoms with Gasteiger partial charge in [0.2, 0.25) is 0 Å². The number of nitrogens with one attached hydrogen (secondary N) is 1. The smallest absolute Gasteiger partial charge is 0.0610 e. The van der Waals surface area contributed by atoms with E-state index >= 15 is 0 Å². The van der Waals surface area contributed by atoms with Crippen molar-refractivity contribution in [1.82, 2.24) is 10.3 Å². The number of aliphatic hydroxyl groups excluding tert-OH is 1. The molecule has 0 aliphatic carbocycles. The normalized spacial score (nSPS) is 14.8. The molecule has 0 saturated heterocycles. The number of aliphatic hydroxyl groups is 1. The summed E-state index contributed by atoms with van der Waals surface area (Å²) in [7, 11) is 0. The molecule has 0 bridgehead atoms. The van der Waals surface area contributed by atoms with E-state index in [2.05, 4.69) is 30.2 Å². The third-order valence-electron chi connectivity index (χ3n) is 2.97. The zero-order valence-corrected chi connectivity index (χ0v) is 10.5. The molecule has 1 heterocycles. The second-order valence-corrected chi connectivity index (χ2v) is 4.57. The fourth-order valence-corrected chi connectivity index (χ4v) is 1.79. The first kappa shape index (κ1) is 13.1. The van der Waals surface area contributed by atoms with Crippen LogP contribution in [0.3, 0.4) is 0 Å². The summed E-state index contributed by atoms with van der Waals surface area (Å²) in [6.07, 6.45) is 3.84. The average Bonchev–Trinajstić information content (AvgIpc) is 2.28. The van der Waals surface area contributed by atoms with Gasteiger partial charge >= 0.3 is 0 Å². The van der Waals surface area contributed by atoms with Gasteiger partial charge in [-0.05, 0) is 31.9 Å². The fraction of sp³-hybridized carbons (Fsp3) is 0.615. The van der Waals surface area contributed by atoms with Crippen LogP contribution >= 0.6 is 0 Å². The van der Waals surface area contributed by atoms with Crippen molar-refractivity contribution in [3.05, 3.63) is 29.6 Å². The summed E-state index contributed by atoms with van der Waals surface area (Å²) in [5, 5.41) is 12.8. The van der Waals surface area contributed by atoms with Gasteiger partial charge in [0.15, 0.2) is 0 Å². The van der Waals surface area contributed by atoms with Crippen molar-refractivity contribution in [2.45, 2.75) is 45.7 Å². The van der Waals surface area contributed by atoms with Gasteiger partial charge in [0.1, 0.15) is 0 Å². The van der Waals surface area contributed by atoms with Gasteiger partial charge in [-0.15, -0.1) is 0 Å². The van der Waals surface area contributed by atoms with Crippen LogP contribution in [0, 0.1) is 6.92 Å². The van der Waals surface area contributed by atoms with E-state index in [0.29, 0.717) is 0 Å². The Balaban J connectivity index is 2.59. The minimum absolute atomic E-state index is 0.167. The highest BCUT2D eigenvalue weighted by molar-refractivity contribution is 5.18. The van der Waals surface area contributed by atoms with Crippen LogP contribution in [0.2, 0.25) is 0 Å². The van der Waals surface area contributed by atoms with Crippen molar-refractivity contribution in [3.8, 4) is 0 Å². The number of pyridine rings is 1. The first-order valence-corrected chi connectivity index (χ1v) is 5.87. The molecule has 0 fully saturated rings. The van der Waals surface area contributed by atoms with Gasteiger partial charge in [0.05, 0.1) is 6.61 Å². The summed E-state index contributed by atoms with van der Waals surface area (Å²) in [6.45, 7) is 7.12. The molecule has 1 atom stereocenters. The van der Waals surface area contributed by atoms with Crippen LogP contribution < -0.4 is 5.32 Å². The van der Waals surface area contributed by atoms with Crippen LogP contribution in [0.4, 0.5) is 0 Å². The molecule has 90 valence electrons. The lowest BCUT2D eigenvalue weighted by molar-refractivity contribution is 0.163. The number of hydrogen-bond donors (Lipinski definition) is 2. The fourth-order valence-electron chi connectivity index (χ4n) is 1.79. The highest BCUT2D eigenvalue weighted by Gasteiger charge is 2.21. The number of rotatable bonds is 6. The Morgan fingerprint density at radius 1 is 1.50 bits per heavy atom. The van der Waals surface area contributed by atoms with E-state index < -0.39 is 0 Å². The molecule has 0 aromatic carbocycles. The van der Waals surface area contributed by atoms with Crippen LogP contribution in [0.15, 0.2) is 18.3 Å². The topological polar surface area (TPSA) is 45.1 Å². The van der Waals surface area contributed by atoms with E-state index in [1.54, 1.807) is 6.20 Å². The quantitative estimate of drug-likeness (QED) is 0.774. The summed E-state index contributed by atoms with van der Waals surface area (Å²) in [5.41, 5.74) is 2.06. The van der Waals surface area contributed by atoms with Gasteiger partial charge in [-0.25, -0.2) is 0 Å². The van der Waals surface area contributed by atoms with Crippen LogP contribution in [0.25, 0.3) is 0 Å². The minimum atomic E-state index is -0.184. The lowest BCUT2D eigenvalue weighted by Gasteiger charge is -2.28. The molecule has 1 unspecified atom stereocenters. The van der Waals surface area contributed by atoms with E-state index in [1.165, 1.54) is 5.56 Å². The number of hydrogen-bond acceptors (Lipinski definition) is 3. The Morgan fingerprint density at radius 2 is 2.25 bits per heavy atom. The second-order valence-electron chi connectivity index (χ2n) is 4.57. The lowest BCUT2D eigenvalue weighted by Crippen LogP contribution is -2.45. The van der Waals surface area contributed by atoms with Crippen molar-refractivity contribution in [2.24, 2.45) is 0 Å². The van der Waals surface area contributed by atoms with E-state index in [-0.39, 0.29) is 12.1 Å². The van der Waals surface area contributed by atoms with Crippen LogP contribution in [0.1, 0.15) is 37.9 Å². The van der Waals surface area contributed by atoms with Crippen LogP contribution in [0.5, 0.6) is 0 Å². The van der Waals surface area contributed by atoms with Gasteiger partial charge in [-0.2, -0.15) is 0 Å². The van der Waals surface area contributed by atoms with Crippen molar-refractivity contribution in [1.29, 1.82) is 0 Å². The van der Waals surface area contributed by atoms with Crippen LogP contribution in [-0.4, -0.2) is 22.2 Å². The van der Waals surface area contributed by atoms with Crippen molar-refractivity contribution >= 4 is 0 Å². The zero-order chi connectivity index (χ0) is 12.0. The summed E-state index contributed by atoms with van der Waals surface area (Å²) in [6, 6.07) is 4.01. The Morgan fingerprint density at radius 3 is 2.81 bits per heavy atom. The maximum Gasteiger partial charge on any atom is 0.0610 e. The predicted molar refractivity (Wildman–Crippen MR) is 66.2 cm³/mol. The predicted octanol–water partition coefficient (Wildman–Crippen LogP) is 2.03. The van der Waals surface area contributed by atoms with Crippen molar-refractivity contribution < 1.29 is 5.11 Å². The standard InChI is InChI=1S/C13H22N2O/c1-4-7-13(3,10-16)15-9-12-6-5-8-14-11(12)2/h5-6,8,15-16H,4,7,9-10H2,1-3H3. The molecule has 0 saturated carbocycles. The molecule has 1 aromatic heterocycles. The van der Waals surface area contributed by atoms with E-state index in [0.717, 1.165) is 25.1 Å². The van der Waals surface area contributed by atoms with Gasteiger partial charge in [0, 0.05) is 24.0 Å². The van der Waals surface area contributed by atoms with Gasteiger partial charge in [0.25, 0.3) is 0 Å². The molecule has 0 radical (unpaired) electrons. The maximum absolute atomic E-state index is 9.39. The number of nitrogens with zero attached hydrogens (tertiary/aromatic N) is 1. The molecule has 0 spiro atoms. The van der Waals surface area contributed by atoms with Gasteiger partial charge in [-0.1, -0.05) is 19.4 Å². The Labute approximate surface area is 97.9 Å². The number of aromatic nitrogens is 1. The largest absolute Gasteiger partial charge is 0.394 e. The van der Waals surface area contributed by atoms with Crippen LogP contribution in [-0.2, 0) is 6.54 Å². The minimum Gasteiger partial charge on any atom is -0.394 e. The molecule has 3 heteroatoms. The summed E-state index contributed by atoms with van der Waals surface area (Å²) < 4.78 is 0. The Kier molecular flexibility index (Phi) is 4.90. The third kappa shape index (κ3) is 3.58. The first-order chi connectivity index (χ1) is 7.61. The molecule has 1 rings (SSSR count). The molecular weight excluding hydrogens is 200 g/mol. The molecule has 16 heavy (non-hydrogen) atoms. The Hall–Kier alpha value is -0.930. The van der Waals surface area contributed by atoms with Crippen molar-refractivity contribution in [3.63, 3.8) is 0 Å². The molecular formula is C13H22N2O. The molecule has 1 aromatic rings. The molecule has 2 N–H and O–H groups in total. The first-order valence-electron chi connectivity index (χ1n) is 5.87. The molecule has 0 aliphatic heterocycles. The zero-order valence-electron chi connectivity index (χ0n) is 10.5. The second kappa shape index (κ2) is 5.97. The van der Waals surface area contributed by atoms with Gasteiger partial charge in [-0.3, -0.25) is 4.98 Å². The lowest BCUT2D eigenvalue weighted by atomic mass is 9.97. The summed E-state index contributed by atoms with van der Waals surface area (Å²) >= 11 is 0. The molecule has 0 amide bonds. The average molecular weight is 222 g/mol. The van der Waals surface area contributed by atoms with E-state index in [1.807, 2.05) is 13.0 Å². The van der Waals surface area contributed by atoms with E-state index in [4.69, 9.17) is 0 Å². The summed E-state index contributed by atoms with van der Waals surface area (Å²) in [5.74, 6) is 0. The third-order valence-corrected chi connectivity index (χ3v) is 2.97. The molecule has 3 nitrogen and oxygen atoms in total. The van der Waals surface area contributed by atoms with Gasteiger partial charge < -0.3 is 10.4 Å². The highest BCUT2D eigenvalue weighted by Crippen LogP contribution is 2.13. The SMILES string of the molecule is CCCC(C)(CO)NCc1cccnc1C. The Bertz CT molecular complexity index is 327.